The van der Waals surface area contributed by atoms with Crippen molar-refractivity contribution in [2.45, 2.75) is 6.42 Å². The summed E-state index contributed by atoms with van der Waals surface area (Å²) in [4.78, 5) is 14.9. The molecule has 3 aromatic rings. The second kappa shape index (κ2) is 4.57. The van der Waals surface area contributed by atoms with Crippen LogP contribution in [-0.4, -0.2) is 10.1 Å². The fourth-order valence-corrected chi connectivity index (χ4v) is 2.01. The molecular weight excluding hydrogens is 240 g/mol. The number of nitrogens with one attached hydrogen (secondary N) is 1. The van der Waals surface area contributed by atoms with Crippen LogP contribution >= 0.6 is 0 Å². The zero-order valence-corrected chi connectivity index (χ0v) is 10.2. The Labute approximate surface area is 109 Å². The third-order valence-corrected chi connectivity index (χ3v) is 2.93. The lowest BCUT2D eigenvalue weighted by molar-refractivity contribution is 0.425. The second-order valence-corrected chi connectivity index (χ2v) is 4.27. The van der Waals surface area contributed by atoms with E-state index in [9.17, 15) is 4.79 Å². The minimum atomic E-state index is -0.181. The molecule has 0 amide bonds. The molecule has 94 valence electrons. The topological polar surface area (TPSA) is 58.9 Å². The number of para-hydroxylation sites is 1. The summed E-state index contributed by atoms with van der Waals surface area (Å²) in [6.07, 6.45) is 2.36. The van der Waals surface area contributed by atoms with Crippen LogP contribution in [-0.2, 0) is 6.42 Å². The van der Waals surface area contributed by atoms with Crippen molar-refractivity contribution in [3.8, 4) is 11.3 Å². The largest absolute Gasteiger partial charge is 0.356 e. The number of hydrogen-bond donors (Lipinski definition) is 1. The van der Waals surface area contributed by atoms with Crippen molar-refractivity contribution >= 4 is 10.9 Å². The van der Waals surface area contributed by atoms with E-state index in [2.05, 4.69) is 16.7 Å². The van der Waals surface area contributed by atoms with Crippen LogP contribution < -0.4 is 5.56 Å². The Morgan fingerprint density at radius 1 is 1.32 bits per heavy atom. The quantitative estimate of drug-likeness (QED) is 0.729. The molecule has 0 atom stereocenters. The molecule has 0 aliphatic rings. The fraction of sp³-hybridized carbons (Fsp3) is 0.0667. The van der Waals surface area contributed by atoms with Crippen LogP contribution in [0.15, 0.2) is 58.4 Å². The summed E-state index contributed by atoms with van der Waals surface area (Å²) in [5.41, 5.74) is 1.88. The van der Waals surface area contributed by atoms with Gasteiger partial charge in [-0.25, -0.2) is 0 Å². The molecular formula is C15H12N2O2. The van der Waals surface area contributed by atoms with Gasteiger partial charge in [0.25, 0.3) is 5.56 Å². The highest BCUT2D eigenvalue weighted by molar-refractivity contribution is 5.82. The summed E-state index contributed by atoms with van der Waals surface area (Å²) in [5, 5.41) is 4.86. The number of nitrogens with zero attached hydrogens (tertiary/aromatic N) is 1. The van der Waals surface area contributed by atoms with E-state index in [1.807, 2.05) is 30.3 Å². The Morgan fingerprint density at radius 3 is 3.00 bits per heavy atom. The van der Waals surface area contributed by atoms with Crippen molar-refractivity contribution in [2.75, 3.05) is 0 Å². The number of aromatic amines is 1. The maximum Gasteiger partial charge on any atom is 0.259 e. The van der Waals surface area contributed by atoms with Gasteiger partial charge < -0.3 is 9.51 Å². The highest BCUT2D eigenvalue weighted by Gasteiger charge is 2.11. The first-order chi connectivity index (χ1) is 9.28. The van der Waals surface area contributed by atoms with E-state index in [0.717, 1.165) is 16.6 Å². The van der Waals surface area contributed by atoms with Gasteiger partial charge in [-0.3, -0.25) is 4.79 Å². The molecule has 1 aromatic carbocycles. The van der Waals surface area contributed by atoms with Crippen molar-refractivity contribution in [1.82, 2.24) is 10.1 Å². The van der Waals surface area contributed by atoms with Crippen LogP contribution in [0, 0.1) is 0 Å². The third kappa shape index (κ3) is 2.08. The van der Waals surface area contributed by atoms with Crippen molar-refractivity contribution in [2.24, 2.45) is 0 Å². The molecule has 0 unspecified atom stereocenters. The minimum Gasteiger partial charge on any atom is -0.356 e. The maximum absolute atomic E-state index is 12.0. The lowest BCUT2D eigenvalue weighted by Gasteiger charge is -1.99. The molecule has 0 radical (unpaired) electrons. The Bertz CT molecular complexity index is 799. The lowest BCUT2D eigenvalue weighted by Crippen LogP contribution is -2.08. The van der Waals surface area contributed by atoms with Crippen molar-refractivity contribution in [1.29, 1.82) is 0 Å². The molecule has 1 N–H and O–H groups in total. The average molecular weight is 252 g/mol. The Kier molecular flexibility index (Phi) is 2.76. The van der Waals surface area contributed by atoms with Crippen LogP contribution in [0.5, 0.6) is 0 Å². The summed E-state index contributed by atoms with van der Waals surface area (Å²) >= 11 is 0. The molecule has 0 spiro atoms. The monoisotopic (exact) mass is 252 g/mol. The van der Waals surface area contributed by atoms with Gasteiger partial charge in [-0.15, -0.1) is 6.58 Å². The summed E-state index contributed by atoms with van der Waals surface area (Å²) < 4.78 is 5.22. The van der Waals surface area contributed by atoms with E-state index >= 15 is 0 Å². The molecule has 3 rings (SSSR count). The molecule has 2 heterocycles. The maximum atomic E-state index is 12.0. The van der Waals surface area contributed by atoms with Gasteiger partial charge in [0, 0.05) is 18.0 Å². The highest BCUT2D eigenvalue weighted by atomic mass is 16.5. The number of H-pyrrole nitrogens is 1. The average Bonchev–Trinajstić information content (AvgIpc) is 2.87. The van der Waals surface area contributed by atoms with E-state index < -0.39 is 0 Å². The van der Waals surface area contributed by atoms with Gasteiger partial charge in [-0.2, -0.15) is 0 Å². The smallest absolute Gasteiger partial charge is 0.259 e. The molecule has 2 aromatic heterocycles. The van der Waals surface area contributed by atoms with Gasteiger partial charge in [0.1, 0.15) is 0 Å². The summed E-state index contributed by atoms with van der Waals surface area (Å²) in [5.74, 6) is 0.476. The number of benzene rings is 1. The minimum absolute atomic E-state index is 0.181. The molecule has 19 heavy (non-hydrogen) atoms. The SMILES string of the molecule is C=CCc1cc(-c2cc3ccccc3[nH]c2=O)on1. The van der Waals surface area contributed by atoms with Crippen LogP contribution in [0.4, 0.5) is 0 Å². The van der Waals surface area contributed by atoms with Gasteiger partial charge in [0.05, 0.1) is 11.3 Å². The first-order valence-corrected chi connectivity index (χ1v) is 5.97. The zero-order valence-electron chi connectivity index (χ0n) is 10.2. The molecule has 0 fully saturated rings. The van der Waals surface area contributed by atoms with Crippen LogP contribution in [0.1, 0.15) is 5.69 Å². The number of rotatable bonds is 3. The van der Waals surface area contributed by atoms with Gasteiger partial charge in [0.15, 0.2) is 5.76 Å². The molecule has 0 saturated carbocycles. The predicted octanol–water partition coefficient (Wildman–Crippen LogP) is 2.91. The van der Waals surface area contributed by atoms with Gasteiger partial charge in [-0.05, 0) is 17.5 Å². The number of aromatic nitrogens is 2. The summed E-state index contributed by atoms with van der Waals surface area (Å²) in [7, 11) is 0. The Balaban J connectivity index is 2.15. The molecule has 0 aliphatic heterocycles. The fourth-order valence-electron chi connectivity index (χ4n) is 2.01. The van der Waals surface area contributed by atoms with E-state index in [1.165, 1.54) is 0 Å². The van der Waals surface area contributed by atoms with E-state index in [-0.39, 0.29) is 5.56 Å². The first-order valence-electron chi connectivity index (χ1n) is 5.97. The molecule has 0 bridgehead atoms. The van der Waals surface area contributed by atoms with Gasteiger partial charge in [0.2, 0.25) is 0 Å². The number of pyridine rings is 1. The van der Waals surface area contributed by atoms with Crippen LogP contribution in [0.25, 0.3) is 22.2 Å². The zero-order chi connectivity index (χ0) is 13.2. The van der Waals surface area contributed by atoms with Crippen molar-refractivity contribution in [3.05, 3.63) is 65.1 Å². The Morgan fingerprint density at radius 2 is 2.16 bits per heavy atom. The number of allylic oxidation sites excluding steroid dienone is 1. The van der Waals surface area contributed by atoms with Crippen LogP contribution in [0.3, 0.4) is 0 Å². The molecule has 0 saturated heterocycles. The van der Waals surface area contributed by atoms with E-state index in [0.29, 0.717) is 17.7 Å². The van der Waals surface area contributed by atoms with E-state index in [1.54, 1.807) is 12.1 Å². The van der Waals surface area contributed by atoms with E-state index in [4.69, 9.17) is 4.52 Å². The third-order valence-electron chi connectivity index (χ3n) is 2.93. The highest BCUT2D eigenvalue weighted by Crippen LogP contribution is 2.20. The molecule has 4 heteroatoms. The van der Waals surface area contributed by atoms with Crippen molar-refractivity contribution < 1.29 is 4.52 Å². The lowest BCUT2D eigenvalue weighted by atomic mass is 10.1. The summed E-state index contributed by atoms with van der Waals surface area (Å²) in [6, 6.07) is 11.2. The number of fused-ring (bicyclic) bond motifs is 1. The normalized spacial score (nSPS) is 10.7. The molecule has 0 aliphatic carbocycles. The second-order valence-electron chi connectivity index (χ2n) is 4.27. The number of hydrogen-bond acceptors (Lipinski definition) is 3. The Hall–Kier alpha value is -2.62. The standard InChI is InChI=1S/C15H12N2O2/c1-2-5-11-9-14(19-17-11)12-8-10-6-3-4-7-13(10)16-15(12)18/h2-4,6-9H,1,5H2,(H,16,18). The summed E-state index contributed by atoms with van der Waals surface area (Å²) in [6.45, 7) is 3.65. The predicted molar refractivity (Wildman–Crippen MR) is 74.0 cm³/mol. The first kappa shape index (κ1) is 11.5. The van der Waals surface area contributed by atoms with Crippen molar-refractivity contribution in [3.63, 3.8) is 0 Å². The van der Waals surface area contributed by atoms with Crippen LogP contribution in [0.2, 0.25) is 0 Å². The molecule has 4 nitrogen and oxygen atoms in total. The van der Waals surface area contributed by atoms with Gasteiger partial charge >= 0.3 is 0 Å². The van der Waals surface area contributed by atoms with Gasteiger partial charge in [-0.1, -0.05) is 29.4 Å².